The first-order valence-electron chi connectivity index (χ1n) is 10.7. The second-order valence-corrected chi connectivity index (χ2v) is 9.69. The maximum Gasteiger partial charge on any atom is 0.338 e. The van der Waals surface area contributed by atoms with Crippen LogP contribution in [0.15, 0.2) is 30.3 Å². The van der Waals surface area contributed by atoms with Crippen LogP contribution in [0.4, 0.5) is 5.69 Å². The summed E-state index contributed by atoms with van der Waals surface area (Å²) in [7, 11) is 0. The lowest BCUT2D eigenvalue weighted by molar-refractivity contribution is -0.130. The normalized spacial score (nSPS) is 21.0. The quantitative estimate of drug-likeness (QED) is 0.526. The number of thiazole rings is 1. The molecule has 3 heterocycles. The predicted octanol–water partition coefficient (Wildman–Crippen LogP) is 6.05. The largest absolute Gasteiger partial charge is 0.478 e. The first-order valence-corrected chi connectivity index (χ1v) is 11.5. The molecule has 0 saturated heterocycles. The third-order valence-corrected chi connectivity index (χ3v) is 7.80. The molecular formula is C25H26N2O2S. The summed E-state index contributed by atoms with van der Waals surface area (Å²) in [5.74, 6) is 0.0516. The number of nitrogens with zero attached hydrogens (tertiary/aromatic N) is 2. The Morgan fingerprint density at radius 3 is 2.67 bits per heavy atom. The number of carboxylic acid groups (broad SMARTS) is 1. The van der Waals surface area contributed by atoms with E-state index >= 15 is 0 Å². The minimum Gasteiger partial charge on any atom is -0.478 e. The molecule has 0 fully saturated rings. The minimum absolute atomic E-state index is 0.273. The van der Waals surface area contributed by atoms with Crippen molar-refractivity contribution in [1.29, 1.82) is 0 Å². The zero-order valence-corrected chi connectivity index (χ0v) is 18.4. The molecule has 30 heavy (non-hydrogen) atoms. The van der Waals surface area contributed by atoms with Gasteiger partial charge in [-0.1, -0.05) is 26.0 Å². The summed E-state index contributed by atoms with van der Waals surface area (Å²) < 4.78 is 1.01. The van der Waals surface area contributed by atoms with E-state index in [0.717, 1.165) is 41.7 Å². The number of hydrogen-bond donors (Lipinski definition) is 1. The van der Waals surface area contributed by atoms with E-state index in [-0.39, 0.29) is 5.57 Å². The fraction of sp³-hybridized carbons (Fsp3) is 0.360. The summed E-state index contributed by atoms with van der Waals surface area (Å²) >= 11 is 1.44. The summed E-state index contributed by atoms with van der Waals surface area (Å²) in [5, 5.41) is 10.6. The molecule has 4 nitrogen and oxygen atoms in total. The highest BCUT2D eigenvalue weighted by atomic mass is 32.1. The van der Waals surface area contributed by atoms with E-state index < -0.39 is 5.97 Å². The van der Waals surface area contributed by atoms with E-state index in [4.69, 9.17) is 0 Å². The van der Waals surface area contributed by atoms with Crippen molar-refractivity contribution in [1.82, 2.24) is 4.98 Å². The number of carbonyl (C=O) groups is 1. The van der Waals surface area contributed by atoms with Crippen LogP contribution in [0.1, 0.15) is 65.8 Å². The molecule has 0 radical (unpaired) electrons. The third kappa shape index (κ3) is 3.03. The average molecular weight is 419 g/mol. The Kier molecular flexibility index (Phi) is 4.66. The van der Waals surface area contributed by atoms with E-state index in [1.54, 1.807) is 0 Å². The van der Waals surface area contributed by atoms with Crippen molar-refractivity contribution < 1.29 is 9.90 Å². The second kappa shape index (κ2) is 7.24. The van der Waals surface area contributed by atoms with Gasteiger partial charge in [-0.3, -0.25) is 0 Å². The molecular weight excluding hydrogens is 392 g/mol. The number of fused-ring (bicyclic) bond motifs is 1. The van der Waals surface area contributed by atoms with Crippen LogP contribution in [0.2, 0.25) is 0 Å². The molecule has 1 N–H and O–H groups in total. The lowest BCUT2D eigenvalue weighted by atomic mass is 9.78. The van der Waals surface area contributed by atoms with Gasteiger partial charge in [-0.05, 0) is 78.1 Å². The van der Waals surface area contributed by atoms with E-state index in [1.807, 2.05) is 30.3 Å². The molecule has 2 aromatic carbocycles. The fourth-order valence-electron chi connectivity index (χ4n) is 5.01. The minimum atomic E-state index is -0.928. The maximum absolute atomic E-state index is 12.2. The molecule has 154 valence electrons. The lowest BCUT2D eigenvalue weighted by Crippen LogP contribution is -2.37. The van der Waals surface area contributed by atoms with Crippen LogP contribution in [-0.4, -0.2) is 29.1 Å². The Labute approximate surface area is 180 Å². The van der Waals surface area contributed by atoms with Gasteiger partial charge in [-0.25, -0.2) is 9.78 Å². The number of aromatic nitrogens is 1. The van der Waals surface area contributed by atoms with E-state index in [2.05, 4.69) is 36.7 Å². The SMILES string of the molecule is Cc1c(/C=C(\C(=O)O)c2nc3ccccc3s2)cc2c3c1[C@@H](C)CCN3CC[C@H]2C. The topological polar surface area (TPSA) is 53.4 Å². The van der Waals surface area contributed by atoms with Gasteiger partial charge in [0.25, 0.3) is 0 Å². The molecule has 0 unspecified atom stereocenters. The predicted molar refractivity (Wildman–Crippen MR) is 125 cm³/mol. The summed E-state index contributed by atoms with van der Waals surface area (Å²) in [4.78, 5) is 19.4. The van der Waals surface area contributed by atoms with Crippen molar-refractivity contribution in [2.75, 3.05) is 18.0 Å². The van der Waals surface area contributed by atoms with Gasteiger partial charge >= 0.3 is 5.97 Å². The summed E-state index contributed by atoms with van der Waals surface area (Å²) in [5.41, 5.74) is 7.54. The van der Waals surface area contributed by atoms with Gasteiger partial charge in [0.1, 0.15) is 5.01 Å². The number of aliphatic carboxylic acids is 1. The van der Waals surface area contributed by atoms with Gasteiger partial charge in [0.05, 0.1) is 15.8 Å². The first kappa shape index (κ1) is 19.3. The highest BCUT2D eigenvalue weighted by Crippen LogP contribution is 2.47. The number of para-hydroxylation sites is 1. The summed E-state index contributed by atoms with van der Waals surface area (Å²) in [6.07, 6.45) is 4.15. The van der Waals surface area contributed by atoms with Crippen molar-refractivity contribution in [2.24, 2.45) is 0 Å². The Hall–Kier alpha value is -2.66. The highest BCUT2D eigenvalue weighted by Gasteiger charge is 2.32. The fourth-order valence-corrected chi connectivity index (χ4v) is 5.98. The van der Waals surface area contributed by atoms with Crippen LogP contribution in [0.5, 0.6) is 0 Å². The molecule has 2 aliphatic heterocycles. The Morgan fingerprint density at radius 2 is 1.93 bits per heavy atom. The standard InChI is InChI=1S/C25H26N2O2S/c1-14-8-10-27-11-9-15(2)22-16(3)17(12-18(14)23(22)27)13-19(25(28)29)24-26-20-6-4-5-7-21(20)30-24/h4-7,12-15H,8-11H2,1-3H3,(H,28,29)/b19-13-/t14-,15+/m1/s1. The molecule has 0 bridgehead atoms. The molecule has 5 heteroatoms. The van der Waals surface area contributed by atoms with Crippen LogP contribution in [0.3, 0.4) is 0 Å². The van der Waals surface area contributed by atoms with E-state index in [9.17, 15) is 9.90 Å². The van der Waals surface area contributed by atoms with Crippen LogP contribution >= 0.6 is 11.3 Å². The van der Waals surface area contributed by atoms with Crippen LogP contribution in [-0.2, 0) is 4.79 Å². The van der Waals surface area contributed by atoms with Gasteiger partial charge in [0.2, 0.25) is 0 Å². The van der Waals surface area contributed by atoms with Gasteiger partial charge in [-0.15, -0.1) is 11.3 Å². The zero-order chi connectivity index (χ0) is 21.0. The Balaban J connectivity index is 1.71. The average Bonchev–Trinajstić information content (AvgIpc) is 3.15. The molecule has 0 spiro atoms. The molecule has 5 rings (SSSR count). The molecule has 0 saturated carbocycles. The van der Waals surface area contributed by atoms with Gasteiger partial charge in [-0.2, -0.15) is 0 Å². The molecule has 3 aromatic rings. The van der Waals surface area contributed by atoms with Gasteiger partial charge < -0.3 is 10.0 Å². The van der Waals surface area contributed by atoms with E-state index in [1.165, 1.54) is 33.7 Å². The van der Waals surface area contributed by atoms with Crippen LogP contribution in [0, 0.1) is 6.92 Å². The smallest absolute Gasteiger partial charge is 0.338 e. The zero-order valence-electron chi connectivity index (χ0n) is 17.6. The summed E-state index contributed by atoms with van der Waals surface area (Å²) in [6.45, 7) is 8.99. The lowest BCUT2D eigenvalue weighted by Gasteiger charge is -2.42. The van der Waals surface area contributed by atoms with Gasteiger partial charge in [0, 0.05) is 18.8 Å². The van der Waals surface area contributed by atoms with Crippen molar-refractivity contribution >= 4 is 44.9 Å². The molecule has 2 aliphatic rings. The Morgan fingerprint density at radius 1 is 1.20 bits per heavy atom. The van der Waals surface area contributed by atoms with E-state index in [0.29, 0.717) is 16.8 Å². The number of carboxylic acids is 1. The monoisotopic (exact) mass is 418 g/mol. The Bertz CT molecular complexity index is 1160. The van der Waals surface area contributed by atoms with Crippen molar-refractivity contribution in [3.8, 4) is 0 Å². The maximum atomic E-state index is 12.2. The third-order valence-electron chi connectivity index (χ3n) is 6.74. The number of rotatable bonds is 3. The number of benzene rings is 2. The summed E-state index contributed by atoms with van der Waals surface area (Å²) in [6, 6.07) is 10.0. The first-order chi connectivity index (χ1) is 14.4. The second-order valence-electron chi connectivity index (χ2n) is 8.66. The number of anilines is 1. The van der Waals surface area contributed by atoms with Crippen molar-refractivity contribution in [3.63, 3.8) is 0 Å². The highest BCUT2D eigenvalue weighted by molar-refractivity contribution is 7.19. The molecule has 0 amide bonds. The van der Waals surface area contributed by atoms with Crippen molar-refractivity contribution in [2.45, 2.75) is 45.4 Å². The molecule has 1 aromatic heterocycles. The van der Waals surface area contributed by atoms with Crippen LogP contribution < -0.4 is 4.90 Å². The molecule has 0 aliphatic carbocycles. The molecule has 2 atom stereocenters. The van der Waals surface area contributed by atoms with Crippen molar-refractivity contribution in [3.05, 3.63) is 57.6 Å². The van der Waals surface area contributed by atoms with Gasteiger partial charge in [0.15, 0.2) is 0 Å². The number of hydrogen-bond acceptors (Lipinski definition) is 4. The van der Waals surface area contributed by atoms with Crippen LogP contribution in [0.25, 0.3) is 21.9 Å².